The summed E-state index contributed by atoms with van der Waals surface area (Å²) < 4.78 is 4.00. The van der Waals surface area contributed by atoms with Crippen LogP contribution in [0.3, 0.4) is 0 Å². The van der Waals surface area contributed by atoms with Crippen LogP contribution < -0.4 is 5.73 Å². The van der Waals surface area contributed by atoms with Gasteiger partial charge in [-0.1, -0.05) is 36.9 Å². The number of rotatable bonds is 2. The zero-order valence-corrected chi connectivity index (χ0v) is 10.9. The van der Waals surface area contributed by atoms with E-state index in [1.165, 1.54) is 17.1 Å². The summed E-state index contributed by atoms with van der Waals surface area (Å²) in [6, 6.07) is -0.0794. The Kier molecular flexibility index (Phi) is 3.62. The van der Waals surface area contributed by atoms with Crippen molar-refractivity contribution in [2.45, 2.75) is 46.1 Å². The summed E-state index contributed by atoms with van der Waals surface area (Å²) in [5, 5.41) is 4.18. The lowest BCUT2D eigenvalue weighted by Gasteiger charge is -2.18. The normalized spacial score (nSPS) is 13.7. The van der Waals surface area contributed by atoms with Crippen LogP contribution in [0.15, 0.2) is 11.6 Å². The molecule has 1 heterocycles. The number of nitrogens with zero attached hydrogens (tertiary/aromatic N) is 2. The molecule has 1 aromatic heterocycles. The minimum Gasteiger partial charge on any atom is -0.320 e. The van der Waals surface area contributed by atoms with Crippen LogP contribution in [0.1, 0.15) is 51.2 Å². The molecule has 1 atom stereocenters. The molecule has 0 aliphatic rings. The van der Waals surface area contributed by atoms with Gasteiger partial charge in [-0.25, -0.2) is 0 Å². The van der Waals surface area contributed by atoms with E-state index in [1.807, 2.05) is 19.9 Å². The molecule has 0 aliphatic heterocycles. The van der Waals surface area contributed by atoms with Gasteiger partial charge in [0, 0.05) is 5.41 Å². The van der Waals surface area contributed by atoms with Crippen molar-refractivity contribution in [2.24, 2.45) is 5.73 Å². The highest BCUT2D eigenvalue weighted by molar-refractivity contribution is 7.05. The second-order valence-electron chi connectivity index (χ2n) is 5.01. The first kappa shape index (κ1) is 12.3. The number of aromatic nitrogens is 2. The Morgan fingerprint density at radius 3 is 2.47 bits per heavy atom. The predicted octanol–water partition coefficient (Wildman–Crippen LogP) is 2.80. The maximum absolute atomic E-state index is 6.09. The molecular formula is C11H19N3S. The first-order valence-electron chi connectivity index (χ1n) is 5.05. The zero-order valence-electron chi connectivity index (χ0n) is 10.0. The summed E-state index contributed by atoms with van der Waals surface area (Å²) >= 11 is 1.40. The van der Waals surface area contributed by atoms with E-state index in [-0.39, 0.29) is 11.5 Å². The smallest absolute Gasteiger partial charge is 0.0860 e. The van der Waals surface area contributed by atoms with Gasteiger partial charge in [-0.05, 0) is 25.4 Å². The maximum Gasteiger partial charge on any atom is 0.0860 e. The van der Waals surface area contributed by atoms with Crippen LogP contribution in [0.25, 0.3) is 0 Å². The van der Waals surface area contributed by atoms with Crippen LogP contribution in [-0.4, -0.2) is 9.59 Å². The van der Waals surface area contributed by atoms with E-state index in [2.05, 4.69) is 30.4 Å². The lowest BCUT2D eigenvalue weighted by Crippen LogP contribution is -2.18. The largest absolute Gasteiger partial charge is 0.320 e. The molecule has 4 heteroatoms. The third-order valence-corrected chi connectivity index (χ3v) is 2.86. The standard InChI is InChI=1S/C11H19N3S/c1-7(2)6-8(12)9-10(11(3,4)5)13-14-15-9/h6,8H,12H2,1-5H3. The third kappa shape index (κ3) is 3.11. The van der Waals surface area contributed by atoms with Crippen molar-refractivity contribution in [3.8, 4) is 0 Å². The van der Waals surface area contributed by atoms with E-state index in [1.54, 1.807) is 0 Å². The Morgan fingerprint density at radius 1 is 1.40 bits per heavy atom. The van der Waals surface area contributed by atoms with Crippen LogP contribution in [0.2, 0.25) is 0 Å². The molecule has 0 saturated heterocycles. The zero-order chi connectivity index (χ0) is 11.6. The quantitative estimate of drug-likeness (QED) is 0.787. The molecule has 0 bridgehead atoms. The van der Waals surface area contributed by atoms with Crippen LogP contribution in [0.5, 0.6) is 0 Å². The summed E-state index contributed by atoms with van der Waals surface area (Å²) in [6.07, 6.45) is 2.05. The molecule has 0 aromatic carbocycles. The Bertz CT molecular complexity index is 356. The molecule has 2 N–H and O–H groups in total. The van der Waals surface area contributed by atoms with Gasteiger partial charge in [-0.3, -0.25) is 0 Å². The molecular weight excluding hydrogens is 206 g/mol. The van der Waals surface area contributed by atoms with Crippen molar-refractivity contribution in [3.63, 3.8) is 0 Å². The first-order valence-corrected chi connectivity index (χ1v) is 5.83. The highest BCUT2D eigenvalue weighted by atomic mass is 32.1. The summed E-state index contributed by atoms with van der Waals surface area (Å²) in [7, 11) is 0. The van der Waals surface area contributed by atoms with E-state index in [4.69, 9.17) is 5.73 Å². The molecule has 1 rings (SSSR count). The second kappa shape index (κ2) is 4.41. The third-order valence-electron chi connectivity index (χ3n) is 2.04. The maximum atomic E-state index is 6.09. The molecule has 0 amide bonds. The Morgan fingerprint density at radius 2 is 2.00 bits per heavy atom. The second-order valence-corrected chi connectivity index (χ2v) is 5.79. The molecule has 15 heavy (non-hydrogen) atoms. The fraction of sp³-hybridized carbons (Fsp3) is 0.636. The highest BCUT2D eigenvalue weighted by Gasteiger charge is 2.24. The average Bonchev–Trinajstić information content (AvgIpc) is 2.48. The minimum absolute atomic E-state index is 0.00936. The molecule has 3 nitrogen and oxygen atoms in total. The first-order chi connectivity index (χ1) is 6.82. The van der Waals surface area contributed by atoms with Crippen molar-refractivity contribution in [1.82, 2.24) is 9.59 Å². The van der Waals surface area contributed by atoms with Crippen LogP contribution >= 0.6 is 11.5 Å². The number of hydrogen-bond acceptors (Lipinski definition) is 4. The van der Waals surface area contributed by atoms with Gasteiger partial charge in [0.05, 0.1) is 16.6 Å². The fourth-order valence-corrected chi connectivity index (χ4v) is 2.20. The van der Waals surface area contributed by atoms with Gasteiger partial charge in [0.15, 0.2) is 0 Å². The fourth-order valence-electron chi connectivity index (χ4n) is 1.37. The topological polar surface area (TPSA) is 51.8 Å². The molecule has 0 fully saturated rings. The Labute approximate surface area is 95.6 Å². The summed E-state index contributed by atoms with van der Waals surface area (Å²) in [5.41, 5.74) is 8.33. The summed E-state index contributed by atoms with van der Waals surface area (Å²) in [4.78, 5) is 1.07. The lowest BCUT2D eigenvalue weighted by atomic mass is 9.90. The predicted molar refractivity (Wildman–Crippen MR) is 65.0 cm³/mol. The van der Waals surface area contributed by atoms with Gasteiger partial charge in [0.25, 0.3) is 0 Å². The monoisotopic (exact) mass is 225 g/mol. The average molecular weight is 225 g/mol. The molecule has 0 saturated carbocycles. The molecule has 1 unspecified atom stereocenters. The van der Waals surface area contributed by atoms with E-state index in [9.17, 15) is 0 Å². The van der Waals surface area contributed by atoms with Crippen molar-refractivity contribution in [3.05, 3.63) is 22.2 Å². The van der Waals surface area contributed by atoms with Gasteiger partial charge < -0.3 is 5.73 Å². The van der Waals surface area contributed by atoms with Crippen LogP contribution in [0.4, 0.5) is 0 Å². The SMILES string of the molecule is CC(C)=CC(N)c1snnc1C(C)(C)C. The molecule has 0 spiro atoms. The molecule has 84 valence electrons. The molecule has 1 aromatic rings. The summed E-state index contributed by atoms with van der Waals surface area (Å²) in [5.74, 6) is 0. The van der Waals surface area contributed by atoms with Crippen molar-refractivity contribution >= 4 is 11.5 Å². The van der Waals surface area contributed by atoms with E-state index < -0.39 is 0 Å². The van der Waals surface area contributed by atoms with Gasteiger partial charge >= 0.3 is 0 Å². The number of nitrogens with two attached hydrogens (primary N) is 1. The Balaban J connectivity index is 3.06. The Hall–Kier alpha value is -0.740. The van der Waals surface area contributed by atoms with E-state index >= 15 is 0 Å². The van der Waals surface area contributed by atoms with Crippen LogP contribution in [-0.2, 0) is 5.41 Å². The van der Waals surface area contributed by atoms with E-state index in [0.717, 1.165) is 10.6 Å². The number of allylic oxidation sites excluding steroid dienone is 1. The van der Waals surface area contributed by atoms with Gasteiger partial charge in [0.2, 0.25) is 0 Å². The van der Waals surface area contributed by atoms with Crippen molar-refractivity contribution < 1.29 is 0 Å². The van der Waals surface area contributed by atoms with Gasteiger partial charge in [0.1, 0.15) is 0 Å². The number of hydrogen-bond donors (Lipinski definition) is 1. The molecule has 0 aliphatic carbocycles. The highest BCUT2D eigenvalue weighted by Crippen LogP contribution is 2.30. The van der Waals surface area contributed by atoms with Crippen LogP contribution in [0, 0.1) is 0 Å². The minimum atomic E-state index is -0.0794. The molecule has 0 radical (unpaired) electrons. The van der Waals surface area contributed by atoms with E-state index in [0.29, 0.717) is 0 Å². The van der Waals surface area contributed by atoms with Gasteiger partial charge in [-0.2, -0.15) is 0 Å². The van der Waals surface area contributed by atoms with Crippen molar-refractivity contribution in [1.29, 1.82) is 0 Å². The summed E-state index contributed by atoms with van der Waals surface area (Å²) in [6.45, 7) is 10.5. The van der Waals surface area contributed by atoms with Crippen molar-refractivity contribution in [2.75, 3.05) is 0 Å². The van der Waals surface area contributed by atoms with Gasteiger partial charge in [-0.15, -0.1) is 5.10 Å². The lowest BCUT2D eigenvalue weighted by molar-refractivity contribution is 0.557.